The van der Waals surface area contributed by atoms with Crippen molar-refractivity contribution in [2.75, 3.05) is 26.2 Å². The number of benzene rings is 1. The van der Waals surface area contributed by atoms with E-state index in [9.17, 15) is 5.11 Å². The van der Waals surface area contributed by atoms with Gasteiger partial charge in [-0.3, -0.25) is 4.90 Å². The molecule has 1 aromatic carbocycles. The Bertz CT molecular complexity index is 487. The van der Waals surface area contributed by atoms with E-state index in [1.54, 1.807) is 6.07 Å². The lowest BCUT2D eigenvalue weighted by molar-refractivity contribution is 0.158. The molecule has 5 heteroatoms. The highest BCUT2D eigenvalue weighted by Crippen LogP contribution is 2.44. The normalized spacial score (nSPS) is 21.9. The molecule has 0 unspecified atom stereocenters. The number of nitrogens with zero attached hydrogens (tertiary/aromatic N) is 1. The molecule has 0 radical (unpaired) electrons. The zero-order chi connectivity index (χ0) is 14.1. The van der Waals surface area contributed by atoms with Gasteiger partial charge >= 0.3 is 0 Å². The summed E-state index contributed by atoms with van der Waals surface area (Å²) in [5, 5.41) is 14.5. The van der Waals surface area contributed by atoms with Gasteiger partial charge in [0, 0.05) is 42.8 Å². The molecule has 1 aliphatic heterocycles. The van der Waals surface area contributed by atoms with E-state index in [1.165, 1.54) is 12.8 Å². The fourth-order valence-corrected chi connectivity index (χ4v) is 3.81. The molecule has 110 valence electrons. The zero-order valence-electron chi connectivity index (χ0n) is 11.4. The van der Waals surface area contributed by atoms with Gasteiger partial charge in [0.15, 0.2) is 0 Å². The van der Waals surface area contributed by atoms with E-state index in [0.717, 1.165) is 44.1 Å². The molecule has 1 aromatic rings. The SMILES string of the molecule is Oc1c(Br)cc(Cl)cc1[C@@H](CC1CC1)N1CCNCC1. The van der Waals surface area contributed by atoms with Crippen LogP contribution in [0.4, 0.5) is 0 Å². The van der Waals surface area contributed by atoms with Crippen LogP contribution >= 0.6 is 27.5 Å². The Balaban J connectivity index is 1.90. The summed E-state index contributed by atoms with van der Waals surface area (Å²) in [6, 6.07) is 3.96. The maximum absolute atomic E-state index is 10.4. The molecule has 1 heterocycles. The van der Waals surface area contributed by atoms with E-state index in [-0.39, 0.29) is 6.04 Å². The smallest absolute Gasteiger partial charge is 0.134 e. The summed E-state index contributed by atoms with van der Waals surface area (Å²) in [7, 11) is 0. The molecule has 1 saturated carbocycles. The summed E-state index contributed by atoms with van der Waals surface area (Å²) in [5.41, 5.74) is 0.971. The number of piperazine rings is 1. The molecular formula is C15H20BrClN2O. The van der Waals surface area contributed by atoms with Crippen molar-refractivity contribution < 1.29 is 5.11 Å². The minimum absolute atomic E-state index is 0.277. The average Bonchev–Trinajstić information content (AvgIpc) is 3.25. The van der Waals surface area contributed by atoms with Gasteiger partial charge in [-0.2, -0.15) is 0 Å². The molecule has 20 heavy (non-hydrogen) atoms. The van der Waals surface area contributed by atoms with Crippen molar-refractivity contribution >= 4 is 27.5 Å². The van der Waals surface area contributed by atoms with Crippen LogP contribution in [0.15, 0.2) is 16.6 Å². The summed E-state index contributed by atoms with van der Waals surface area (Å²) in [6.45, 7) is 4.09. The van der Waals surface area contributed by atoms with Crippen molar-refractivity contribution in [3.63, 3.8) is 0 Å². The first-order valence-electron chi connectivity index (χ1n) is 7.28. The zero-order valence-corrected chi connectivity index (χ0v) is 13.8. The second-order valence-electron chi connectivity index (χ2n) is 5.81. The van der Waals surface area contributed by atoms with Crippen LogP contribution in [0.25, 0.3) is 0 Å². The minimum atomic E-state index is 0.277. The average molecular weight is 360 g/mol. The van der Waals surface area contributed by atoms with E-state index in [2.05, 4.69) is 26.1 Å². The highest BCUT2D eigenvalue weighted by Gasteiger charge is 2.32. The summed E-state index contributed by atoms with van der Waals surface area (Å²) < 4.78 is 0.691. The monoisotopic (exact) mass is 358 g/mol. The Morgan fingerprint density at radius 1 is 1.35 bits per heavy atom. The van der Waals surface area contributed by atoms with E-state index >= 15 is 0 Å². The fourth-order valence-electron chi connectivity index (χ4n) is 2.98. The first-order chi connectivity index (χ1) is 9.65. The third-order valence-corrected chi connectivity index (χ3v) is 5.09. The Morgan fingerprint density at radius 2 is 2.05 bits per heavy atom. The van der Waals surface area contributed by atoms with Crippen molar-refractivity contribution in [3.8, 4) is 5.75 Å². The Hall–Kier alpha value is -0.290. The van der Waals surface area contributed by atoms with Crippen molar-refractivity contribution in [3.05, 3.63) is 27.2 Å². The molecule has 0 aromatic heterocycles. The summed E-state index contributed by atoms with van der Waals surface area (Å²) in [5.74, 6) is 1.16. The van der Waals surface area contributed by atoms with Crippen LogP contribution in [0.2, 0.25) is 5.02 Å². The van der Waals surface area contributed by atoms with Crippen molar-refractivity contribution in [1.29, 1.82) is 0 Å². The van der Waals surface area contributed by atoms with Gasteiger partial charge in [-0.1, -0.05) is 24.4 Å². The van der Waals surface area contributed by atoms with Crippen LogP contribution < -0.4 is 5.32 Å². The third-order valence-electron chi connectivity index (χ3n) is 4.26. The predicted octanol–water partition coefficient (Wildman–Crippen LogP) is 3.55. The topological polar surface area (TPSA) is 35.5 Å². The van der Waals surface area contributed by atoms with Gasteiger partial charge in [0.2, 0.25) is 0 Å². The lowest BCUT2D eigenvalue weighted by Crippen LogP contribution is -2.45. The molecule has 0 amide bonds. The molecule has 3 nitrogen and oxygen atoms in total. The third kappa shape index (κ3) is 3.30. The van der Waals surface area contributed by atoms with E-state index in [4.69, 9.17) is 11.6 Å². The molecule has 2 fully saturated rings. The Kier molecular flexibility index (Phi) is 4.55. The fraction of sp³-hybridized carbons (Fsp3) is 0.600. The van der Waals surface area contributed by atoms with Gasteiger partial charge in [0.25, 0.3) is 0 Å². The van der Waals surface area contributed by atoms with Gasteiger partial charge in [0.1, 0.15) is 5.75 Å². The molecule has 1 atom stereocenters. The number of phenols is 1. The summed E-state index contributed by atoms with van der Waals surface area (Å²) in [6.07, 6.45) is 3.77. The number of halogens is 2. The van der Waals surface area contributed by atoms with Crippen LogP contribution in [0.3, 0.4) is 0 Å². The molecule has 1 aliphatic carbocycles. The number of hydrogen-bond donors (Lipinski definition) is 2. The maximum atomic E-state index is 10.4. The van der Waals surface area contributed by atoms with Gasteiger partial charge in [0.05, 0.1) is 4.47 Å². The number of rotatable bonds is 4. The lowest BCUT2D eigenvalue weighted by atomic mass is 9.97. The second kappa shape index (κ2) is 6.22. The Labute approximate surface area is 133 Å². The number of phenolic OH excluding ortho intramolecular Hbond substituents is 1. The molecule has 2 N–H and O–H groups in total. The van der Waals surface area contributed by atoms with Crippen LogP contribution in [0, 0.1) is 5.92 Å². The minimum Gasteiger partial charge on any atom is -0.506 e. The van der Waals surface area contributed by atoms with Crippen LogP contribution in [0.1, 0.15) is 30.9 Å². The summed E-state index contributed by atoms with van der Waals surface area (Å²) >= 11 is 9.59. The number of hydrogen-bond acceptors (Lipinski definition) is 3. The largest absolute Gasteiger partial charge is 0.506 e. The molecule has 1 saturated heterocycles. The number of aromatic hydroxyl groups is 1. The highest BCUT2D eigenvalue weighted by atomic mass is 79.9. The first-order valence-corrected chi connectivity index (χ1v) is 8.45. The predicted molar refractivity (Wildman–Crippen MR) is 85.3 cm³/mol. The van der Waals surface area contributed by atoms with Crippen molar-refractivity contribution in [2.45, 2.75) is 25.3 Å². The van der Waals surface area contributed by atoms with Crippen LogP contribution in [-0.2, 0) is 0 Å². The summed E-state index contributed by atoms with van der Waals surface area (Å²) in [4.78, 5) is 2.48. The second-order valence-corrected chi connectivity index (χ2v) is 7.10. The molecular weight excluding hydrogens is 340 g/mol. The maximum Gasteiger partial charge on any atom is 0.134 e. The van der Waals surface area contributed by atoms with E-state index in [0.29, 0.717) is 15.2 Å². The quantitative estimate of drug-likeness (QED) is 0.863. The van der Waals surface area contributed by atoms with Gasteiger partial charge < -0.3 is 10.4 Å². The standard InChI is InChI=1S/C15H20BrClN2O/c16-13-9-11(17)8-12(15(13)20)14(7-10-1-2-10)19-5-3-18-4-6-19/h8-10,14,18,20H,1-7H2/t14-/m1/s1. The van der Waals surface area contributed by atoms with Gasteiger partial charge in [-0.15, -0.1) is 0 Å². The first kappa shape index (κ1) is 14.6. The van der Waals surface area contributed by atoms with Gasteiger partial charge in [-0.05, 0) is 40.4 Å². The van der Waals surface area contributed by atoms with Crippen molar-refractivity contribution in [1.82, 2.24) is 10.2 Å². The molecule has 0 bridgehead atoms. The van der Waals surface area contributed by atoms with Crippen LogP contribution in [0.5, 0.6) is 5.75 Å². The number of nitrogens with one attached hydrogen (secondary N) is 1. The lowest BCUT2D eigenvalue weighted by Gasteiger charge is -2.36. The molecule has 2 aliphatic rings. The molecule has 3 rings (SSSR count). The van der Waals surface area contributed by atoms with Gasteiger partial charge in [-0.25, -0.2) is 0 Å². The highest BCUT2D eigenvalue weighted by molar-refractivity contribution is 9.10. The van der Waals surface area contributed by atoms with E-state index in [1.807, 2.05) is 6.07 Å². The van der Waals surface area contributed by atoms with Crippen molar-refractivity contribution in [2.24, 2.45) is 5.92 Å². The Morgan fingerprint density at radius 3 is 2.70 bits per heavy atom. The van der Waals surface area contributed by atoms with E-state index < -0.39 is 0 Å². The van der Waals surface area contributed by atoms with Crippen LogP contribution in [-0.4, -0.2) is 36.2 Å². The molecule has 0 spiro atoms.